The van der Waals surface area contributed by atoms with Crippen LogP contribution < -0.4 is 42.5 Å². The smallest absolute Gasteiger partial charge is 0.238 e. The molecule has 11 atom stereocenters. The first-order chi connectivity index (χ1) is 35.9. The van der Waals surface area contributed by atoms with Gasteiger partial charge in [-0.3, -0.25) is 33.8 Å². The number of amides is 5. The van der Waals surface area contributed by atoms with Gasteiger partial charge in [-0.15, -0.1) is 23.5 Å². The number of hydrogen-bond donors (Lipinski definition) is 8. The highest BCUT2D eigenvalue weighted by Crippen LogP contribution is 2.48. The first-order valence-electron chi connectivity index (χ1n) is 28.0. The predicted molar refractivity (Wildman–Crippen MR) is 304 cm³/mol. The predicted octanol–water partition coefficient (Wildman–Crippen LogP) is 5.09. The number of nitrogens with zero attached hydrogens (tertiary/aromatic N) is 2. The highest BCUT2D eigenvalue weighted by molar-refractivity contribution is 8.00. The van der Waals surface area contributed by atoms with Gasteiger partial charge in [0.2, 0.25) is 29.5 Å². The number of carbonyl (C=O) groups excluding carboxylic acids is 5. The topological polar surface area (TPSA) is 188 Å². The van der Waals surface area contributed by atoms with Crippen LogP contribution in [0.5, 0.6) is 0 Å². The molecule has 4 aliphatic heterocycles. The van der Waals surface area contributed by atoms with Crippen molar-refractivity contribution in [1.82, 2.24) is 52.3 Å². The van der Waals surface area contributed by atoms with E-state index in [4.69, 9.17) is 12.2 Å². The molecule has 2 aromatic rings. The molecule has 18 heteroatoms. The molecule has 9 rings (SSSR count). The van der Waals surface area contributed by atoms with E-state index in [1.165, 1.54) is 5.56 Å². The lowest BCUT2D eigenvalue weighted by Crippen LogP contribution is -2.56. The molecule has 5 fully saturated rings. The van der Waals surface area contributed by atoms with Crippen LogP contribution in [0.4, 0.5) is 0 Å². The minimum atomic E-state index is -0.484. The number of benzene rings is 2. The van der Waals surface area contributed by atoms with E-state index in [-0.39, 0.29) is 93.9 Å². The highest BCUT2D eigenvalue weighted by Gasteiger charge is 2.54. The summed E-state index contributed by atoms with van der Waals surface area (Å²) in [6.45, 7) is 12.4. The quantitative estimate of drug-likeness (QED) is 0.117. The number of carbonyl (C=O) groups is 5. The number of nitrogens with one attached hydrogen (secondary N) is 8. The highest BCUT2D eigenvalue weighted by atomic mass is 32.2. The molecule has 410 valence electrons. The Morgan fingerprint density at radius 3 is 1.47 bits per heavy atom. The molecule has 4 heterocycles. The van der Waals surface area contributed by atoms with E-state index >= 15 is 0 Å². The van der Waals surface area contributed by atoms with Crippen molar-refractivity contribution in [1.29, 1.82) is 0 Å². The Balaban J connectivity index is 0.832. The third kappa shape index (κ3) is 12.6. The fraction of sp³-hybridized carbons (Fsp3) is 0.684. The van der Waals surface area contributed by atoms with E-state index in [0.29, 0.717) is 19.4 Å². The van der Waals surface area contributed by atoms with Gasteiger partial charge in [0.25, 0.3) is 0 Å². The number of rotatable bonds is 14. The van der Waals surface area contributed by atoms with Crippen LogP contribution in [0.2, 0.25) is 0 Å². The Bertz CT molecular complexity index is 2420. The van der Waals surface area contributed by atoms with E-state index in [2.05, 4.69) is 111 Å². The molecule has 3 aliphatic carbocycles. The van der Waals surface area contributed by atoms with E-state index in [1.54, 1.807) is 7.05 Å². The molecule has 2 aromatic carbocycles. The number of likely N-dealkylation sites (N-methyl/N-ethyl adjacent to an activating group) is 2. The third-order valence-corrected chi connectivity index (χ3v) is 20.9. The van der Waals surface area contributed by atoms with Gasteiger partial charge in [0.1, 0.15) is 0 Å². The van der Waals surface area contributed by atoms with Crippen molar-refractivity contribution >= 4 is 70.3 Å². The molecule has 0 aromatic heterocycles. The van der Waals surface area contributed by atoms with Gasteiger partial charge in [-0.2, -0.15) is 0 Å². The van der Waals surface area contributed by atoms with Gasteiger partial charge in [-0.1, -0.05) is 88.4 Å². The second-order valence-electron chi connectivity index (χ2n) is 24.0. The average Bonchev–Trinajstić information content (AvgIpc) is 3.57. The minimum absolute atomic E-state index is 0.0258. The molecule has 0 bridgehead atoms. The van der Waals surface area contributed by atoms with Gasteiger partial charge in [0.05, 0.1) is 64.3 Å². The van der Waals surface area contributed by atoms with Crippen LogP contribution in [-0.2, 0) is 36.8 Å². The van der Waals surface area contributed by atoms with Crippen LogP contribution in [0.25, 0.3) is 0 Å². The molecule has 15 nitrogen and oxygen atoms in total. The van der Waals surface area contributed by atoms with E-state index in [0.717, 1.165) is 104 Å². The van der Waals surface area contributed by atoms with Gasteiger partial charge in [0, 0.05) is 37.3 Å². The number of aryl methyl sites for hydroxylation is 2. The van der Waals surface area contributed by atoms with Crippen molar-refractivity contribution in [2.75, 3.05) is 45.2 Å². The summed E-state index contributed by atoms with van der Waals surface area (Å²) < 4.78 is 0. The molecule has 0 spiro atoms. The van der Waals surface area contributed by atoms with Crippen LogP contribution in [0.15, 0.2) is 48.5 Å². The molecule has 7 aliphatic rings. The van der Waals surface area contributed by atoms with Crippen LogP contribution in [0, 0.1) is 22.7 Å². The SMILES string of the molecule is CNCC(=O)N[C@H]1CCS[C@H]2CC(C)(C)[C@@H](C(=O)N[C@H]3c4ccccc4CC[C@H]3C(=O)NC3CCC(NC(=O)[C@@H]4CCc5ccccc5[C@@H]4NC(=O)[C@H]4N5C[C@@H](NC(=S)[C@H](C)NC)CCS[C@H]5CC4(C)C)CC3)N2C1. The fourth-order valence-electron chi connectivity index (χ4n) is 13.8. The third-order valence-electron chi connectivity index (χ3n) is 17.8. The summed E-state index contributed by atoms with van der Waals surface area (Å²) in [6.07, 6.45) is 9.23. The molecular weight excluding hydrogens is 1000 g/mol. The van der Waals surface area contributed by atoms with Gasteiger partial charge < -0.3 is 42.5 Å². The fourth-order valence-corrected chi connectivity index (χ4v) is 17.3. The first-order valence-corrected chi connectivity index (χ1v) is 30.5. The maximum absolute atomic E-state index is 14.9. The van der Waals surface area contributed by atoms with Crippen LogP contribution in [0.3, 0.4) is 0 Å². The first kappa shape index (κ1) is 56.0. The average molecular weight is 1090 g/mol. The number of thiocarbonyl (C=S) groups is 1. The Labute approximate surface area is 459 Å². The van der Waals surface area contributed by atoms with Crippen molar-refractivity contribution in [2.24, 2.45) is 22.7 Å². The van der Waals surface area contributed by atoms with Crippen molar-refractivity contribution < 1.29 is 24.0 Å². The summed E-state index contributed by atoms with van der Waals surface area (Å²) >= 11 is 9.56. The summed E-state index contributed by atoms with van der Waals surface area (Å²) in [5.74, 6) is 0.803. The summed E-state index contributed by atoms with van der Waals surface area (Å²) in [7, 11) is 3.68. The zero-order valence-corrected chi connectivity index (χ0v) is 47.8. The maximum atomic E-state index is 14.9. The van der Waals surface area contributed by atoms with Gasteiger partial charge in [-0.05, 0) is 143 Å². The summed E-state index contributed by atoms with van der Waals surface area (Å²) in [4.78, 5) is 77.0. The molecule has 8 N–H and O–H groups in total. The van der Waals surface area contributed by atoms with E-state index in [1.807, 2.05) is 54.8 Å². The van der Waals surface area contributed by atoms with Gasteiger partial charge >= 0.3 is 0 Å². The van der Waals surface area contributed by atoms with Crippen LogP contribution >= 0.6 is 35.7 Å². The second-order valence-corrected chi connectivity index (χ2v) is 27.1. The summed E-state index contributed by atoms with van der Waals surface area (Å²) in [6, 6.07) is 14.7. The van der Waals surface area contributed by atoms with Crippen molar-refractivity contribution in [3.63, 3.8) is 0 Å². The lowest BCUT2D eigenvalue weighted by molar-refractivity contribution is -0.134. The van der Waals surface area contributed by atoms with Gasteiger partial charge in [0.15, 0.2) is 0 Å². The Morgan fingerprint density at radius 2 is 1.03 bits per heavy atom. The van der Waals surface area contributed by atoms with E-state index in [9.17, 15) is 24.0 Å². The molecule has 4 saturated heterocycles. The Kier molecular flexibility index (Phi) is 18.0. The molecule has 75 heavy (non-hydrogen) atoms. The second kappa shape index (κ2) is 24.1. The zero-order chi connectivity index (χ0) is 53.2. The number of thioether (sulfide) groups is 2. The lowest BCUT2D eigenvalue weighted by atomic mass is 9.77. The summed E-state index contributed by atoms with van der Waals surface area (Å²) in [5, 5.41) is 27.2. The molecular formula is C57H84N10O5S3. The van der Waals surface area contributed by atoms with Gasteiger partial charge in [-0.25, -0.2) is 0 Å². The number of fused-ring (bicyclic) bond motifs is 4. The minimum Gasteiger partial charge on any atom is -0.374 e. The van der Waals surface area contributed by atoms with Crippen molar-refractivity contribution in [3.8, 4) is 0 Å². The standard InChI is InChI=1S/C57H84N10O5S3/c1-33(59-7)55(73)63-39-25-27-75-46-29-57(4,5)50(67(46)32-39)54(72)65-48-41-15-11-9-13-35(41)17-23-43(48)52(70)62-37-20-18-36(19-21-37)61-51(69)42-22-16-34-12-8-10-14-40(34)47(42)64-53(71)49-56(2,3)28-45-66(49)31-38(24-26-74-45)60-44(68)30-58-6/h8-15,33,36-39,42-43,45-50,58-59H,16-32H2,1-7H3,(H,60,68)(H,61,69)(H,62,70)(H,63,73)(H,64,71)(H,65,72)/t33-,36?,37?,38-,39-,42+,43+,45-,46-,47-,48-,49+,50+/m0/s1. The Hall–Kier alpha value is -3.78. The van der Waals surface area contributed by atoms with Crippen molar-refractivity contribution in [3.05, 3.63) is 70.8 Å². The van der Waals surface area contributed by atoms with Crippen molar-refractivity contribution in [2.45, 2.75) is 177 Å². The zero-order valence-electron chi connectivity index (χ0n) is 45.3. The van der Waals surface area contributed by atoms with Crippen LogP contribution in [0.1, 0.15) is 133 Å². The van der Waals surface area contributed by atoms with E-state index < -0.39 is 30.0 Å². The Morgan fingerprint density at radius 1 is 0.587 bits per heavy atom. The normalized spacial score (nSPS) is 32.6. The molecule has 5 amide bonds. The molecule has 0 unspecified atom stereocenters. The summed E-state index contributed by atoms with van der Waals surface area (Å²) in [5.41, 5.74) is 3.74. The molecule has 1 saturated carbocycles. The maximum Gasteiger partial charge on any atom is 0.238 e. The number of hydrogen-bond acceptors (Lipinski definition) is 12. The monoisotopic (exact) mass is 1080 g/mol. The molecule has 0 radical (unpaired) electrons. The lowest BCUT2D eigenvalue weighted by Gasteiger charge is -2.39. The largest absolute Gasteiger partial charge is 0.374 e. The van der Waals surface area contributed by atoms with Crippen LogP contribution in [-0.4, -0.2) is 143 Å².